The molecule has 0 aliphatic carbocycles. The molecule has 0 aliphatic rings. The SMILES string of the molecule is CN(C)CC(=O)ON(C)C(=O)CCC=O. The molecular weight excluding hydrogens is 200 g/mol. The third kappa shape index (κ3) is 6.62. The van der Waals surface area contributed by atoms with Crippen molar-refractivity contribution in [1.82, 2.24) is 9.96 Å². The molecule has 0 aromatic rings. The predicted octanol–water partition coefficient (Wildman–Crippen LogP) is -0.556. The van der Waals surface area contributed by atoms with E-state index in [9.17, 15) is 14.4 Å². The van der Waals surface area contributed by atoms with Crippen LogP contribution in [0.2, 0.25) is 0 Å². The van der Waals surface area contributed by atoms with Crippen molar-refractivity contribution in [3.8, 4) is 0 Å². The van der Waals surface area contributed by atoms with Crippen LogP contribution in [0.3, 0.4) is 0 Å². The third-order valence-corrected chi connectivity index (χ3v) is 1.51. The van der Waals surface area contributed by atoms with Gasteiger partial charge in [-0.25, -0.2) is 4.79 Å². The molecule has 0 aliphatic heterocycles. The lowest BCUT2D eigenvalue weighted by Crippen LogP contribution is -2.33. The fraction of sp³-hybridized carbons (Fsp3) is 0.667. The van der Waals surface area contributed by atoms with Gasteiger partial charge in [-0.3, -0.25) is 9.69 Å². The molecule has 15 heavy (non-hydrogen) atoms. The zero-order chi connectivity index (χ0) is 11.8. The van der Waals surface area contributed by atoms with Crippen LogP contribution in [0.1, 0.15) is 12.8 Å². The van der Waals surface area contributed by atoms with Gasteiger partial charge in [0, 0.05) is 19.9 Å². The third-order valence-electron chi connectivity index (χ3n) is 1.51. The summed E-state index contributed by atoms with van der Waals surface area (Å²) >= 11 is 0. The van der Waals surface area contributed by atoms with Crippen LogP contribution in [0.4, 0.5) is 0 Å². The Kier molecular flexibility index (Phi) is 6.28. The molecule has 0 aromatic carbocycles. The molecule has 6 nitrogen and oxygen atoms in total. The number of nitrogens with zero attached hydrogens (tertiary/aromatic N) is 2. The van der Waals surface area contributed by atoms with Gasteiger partial charge in [-0.05, 0) is 14.1 Å². The second kappa shape index (κ2) is 6.94. The van der Waals surface area contributed by atoms with E-state index in [0.717, 1.165) is 5.06 Å². The summed E-state index contributed by atoms with van der Waals surface area (Å²) in [5, 5.41) is 0.856. The van der Waals surface area contributed by atoms with Crippen LogP contribution >= 0.6 is 0 Å². The summed E-state index contributed by atoms with van der Waals surface area (Å²) in [6, 6.07) is 0. The minimum absolute atomic E-state index is 0.0508. The van der Waals surface area contributed by atoms with E-state index in [4.69, 9.17) is 4.84 Å². The number of carbonyl (C=O) groups is 3. The summed E-state index contributed by atoms with van der Waals surface area (Å²) < 4.78 is 0. The lowest BCUT2D eigenvalue weighted by molar-refractivity contribution is -0.193. The van der Waals surface area contributed by atoms with Crippen LogP contribution in [-0.2, 0) is 19.2 Å². The van der Waals surface area contributed by atoms with Gasteiger partial charge in [0.05, 0.1) is 6.54 Å². The number of rotatable bonds is 5. The summed E-state index contributed by atoms with van der Waals surface area (Å²) in [7, 11) is 4.78. The molecule has 0 heterocycles. The van der Waals surface area contributed by atoms with Gasteiger partial charge in [-0.15, -0.1) is 0 Å². The van der Waals surface area contributed by atoms with Gasteiger partial charge in [-0.1, -0.05) is 0 Å². The Morgan fingerprint density at radius 3 is 2.33 bits per heavy atom. The van der Waals surface area contributed by atoms with Crippen molar-refractivity contribution in [2.75, 3.05) is 27.7 Å². The molecule has 0 radical (unpaired) electrons. The Balaban J connectivity index is 3.90. The van der Waals surface area contributed by atoms with Crippen molar-refractivity contribution in [1.29, 1.82) is 0 Å². The van der Waals surface area contributed by atoms with E-state index >= 15 is 0 Å². The molecule has 0 N–H and O–H groups in total. The first-order valence-electron chi connectivity index (χ1n) is 4.53. The van der Waals surface area contributed by atoms with E-state index < -0.39 is 11.9 Å². The number of likely N-dealkylation sites (N-methyl/N-ethyl adjacent to an activating group) is 1. The zero-order valence-electron chi connectivity index (χ0n) is 9.23. The highest BCUT2D eigenvalue weighted by Crippen LogP contribution is 1.95. The van der Waals surface area contributed by atoms with E-state index in [2.05, 4.69) is 0 Å². The highest BCUT2D eigenvalue weighted by Gasteiger charge is 2.13. The zero-order valence-corrected chi connectivity index (χ0v) is 9.23. The minimum atomic E-state index is -0.512. The van der Waals surface area contributed by atoms with Crippen LogP contribution in [0.15, 0.2) is 0 Å². The second-order valence-electron chi connectivity index (χ2n) is 3.30. The fourth-order valence-corrected chi connectivity index (χ4v) is 0.831. The standard InChI is InChI=1S/C9H16N2O4/c1-10(2)7-9(14)15-11(3)8(13)5-4-6-12/h6H,4-5,7H2,1-3H3. The number of carbonyl (C=O) groups excluding carboxylic acids is 3. The molecule has 0 spiro atoms. The maximum atomic E-state index is 11.2. The smallest absolute Gasteiger partial charge is 0.337 e. The molecule has 0 saturated carbocycles. The lowest BCUT2D eigenvalue weighted by atomic mass is 10.3. The van der Waals surface area contributed by atoms with Crippen LogP contribution in [0.25, 0.3) is 0 Å². The lowest BCUT2D eigenvalue weighted by Gasteiger charge is -2.17. The average Bonchev–Trinajstić information content (AvgIpc) is 2.12. The number of hydroxylamine groups is 2. The molecule has 0 bridgehead atoms. The fourth-order valence-electron chi connectivity index (χ4n) is 0.831. The molecule has 0 aromatic heterocycles. The van der Waals surface area contributed by atoms with Crippen molar-refractivity contribution in [2.45, 2.75) is 12.8 Å². The van der Waals surface area contributed by atoms with Gasteiger partial charge in [-0.2, -0.15) is 5.06 Å². The largest absolute Gasteiger partial charge is 0.346 e. The Hall–Kier alpha value is -1.43. The Labute approximate surface area is 88.7 Å². The maximum absolute atomic E-state index is 11.2. The quantitative estimate of drug-likeness (QED) is 0.455. The molecule has 6 heteroatoms. The van der Waals surface area contributed by atoms with E-state index in [1.54, 1.807) is 19.0 Å². The first-order valence-corrected chi connectivity index (χ1v) is 4.53. The molecule has 0 atom stereocenters. The van der Waals surface area contributed by atoms with Crippen LogP contribution < -0.4 is 0 Å². The summed E-state index contributed by atoms with van der Waals surface area (Å²) in [6.07, 6.45) is 0.830. The topological polar surface area (TPSA) is 66.9 Å². The van der Waals surface area contributed by atoms with Gasteiger partial charge >= 0.3 is 5.97 Å². The molecule has 86 valence electrons. The maximum Gasteiger partial charge on any atom is 0.346 e. The highest BCUT2D eigenvalue weighted by atomic mass is 16.7. The number of aldehydes is 1. The van der Waals surface area contributed by atoms with Crippen molar-refractivity contribution in [3.05, 3.63) is 0 Å². The van der Waals surface area contributed by atoms with E-state index in [0.29, 0.717) is 6.29 Å². The first-order chi connectivity index (χ1) is 6.97. The number of hydrogen-bond acceptors (Lipinski definition) is 5. The molecule has 0 fully saturated rings. The van der Waals surface area contributed by atoms with E-state index in [1.165, 1.54) is 7.05 Å². The average molecular weight is 216 g/mol. The molecule has 1 amide bonds. The van der Waals surface area contributed by atoms with Gasteiger partial charge in [0.1, 0.15) is 6.29 Å². The Bertz CT molecular complexity index is 240. The molecule has 0 saturated heterocycles. The Morgan fingerprint density at radius 1 is 1.27 bits per heavy atom. The minimum Gasteiger partial charge on any atom is -0.337 e. The van der Waals surface area contributed by atoms with Gasteiger partial charge in [0.25, 0.3) is 5.91 Å². The normalized spacial score (nSPS) is 9.87. The monoisotopic (exact) mass is 216 g/mol. The number of amides is 1. The van der Waals surface area contributed by atoms with Crippen molar-refractivity contribution in [2.24, 2.45) is 0 Å². The summed E-state index contributed by atoms with van der Waals surface area (Å²) in [5.74, 6) is -0.906. The Morgan fingerprint density at radius 2 is 1.87 bits per heavy atom. The predicted molar refractivity (Wildman–Crippen MR) is 52.7 cm³/mol. The van der Waals surface area contributed by atoms with Crippen LogP contribution in [0, 0.1) is 0 Å². The van der Waals surface area contributed by atoms with Gasteiger partial charge in [0.2, 0.25) is 0 Å². The molecule has 0 rings (SSSR count). The van der Waals surface area contributed by atoms with Crippen molar-refractivity contribution < 1.29 is 19.2 Å². The molecular formula is C9H16N2O4. The number of hydrogen-bond donors (Lipinski definition) is 0. The molecule has 0 unspecified atom stereocenters. The summed E-state index contributed by atoms with van der Waals surface area (Å²) in [6.45, 7) is 0.102. The van der Waals surface area contributed by atoms with Crippen molar-refractivity contribution in [3.63, 3.8) is 0 Å². The summed E-state index contributed by atoms with van der Waals surface area (Å²) in [4.78, 5) is 38.7. The van der Waals surface area contributed by atoms with Crippen LogP contribution in [0.5, 0.6) is 0 Å². The van der Waals surface area contributed by atoms with E-state index in [1.807, 2.05) is 0 Å². The van der Waals surface area contributed by atoms with Gasteiger partial charge in [0.15, 0.2) is 0 Å². The van der Waals surface area contributed by atoms with Crippen molar-refractivity contribution >= 4 is 18.2 Å². The first kappa shape index (κ1) is 13.6. The second-order valence-corrected chi connectivity index (χ2v) is 3.30. The van der Waals surface area contributed by atoms with Gasteiger partial charge < -0.3 is 9.63 Å². The van der Waals surface area contributed by atoms with E-state index in [-0.39, 0.29) is 19.4 Å². The highest BCUT2D eigenvalue weighted by molar-refractivity contribution is 5.79. The van der Waals surface area contributed by atoms with Crippen LogP contribution in [-0.4, -0.2) is 55.8 Å². The summed E-state index contributed by atoms with van der Waals surface area (Å²) in [5.41, 5.74) is 0.